The van der Waals surface area contributed by atoms with Crippen molar-refractivity contribution >= 4 is 28.2 Å². The number of nitrogens with zero attached hydrogens (tertiary/aromatic N) is 1. The number of pyridine rings is 1. The maximum Gasteiger partial charge on any atom is 0.341 e. The predicted octanol–water partition coefficient (Wildman–Crippen LogP) is 3.41. The lowest BCUT2D eigenvalue weighted by Gasteiger charge is -2.16. The van der Waals surface area contributed by atoms with E-state index in [4.69, 9.17) is 5.73 Å². The van der Waals surface area contributed by atoms with E-state index in [0.29, 0.717) is 18.0 Å². The zero-order valence-corrected chi connectivity index (χ0v) is 15.3. The molecule has 7 heteroatoms. The Kier molecular flexibility index (Phi) is 4.30. The third-order valence-electron chi connectivity index (χ3n) is 5.28. The molecule has 1 saturated carbocycles. The molecule has 144 valence electrons. The van der Waals surface area contributed by atoms with Crippen molar-refractivity contribution in [2.24, 2.45) is 0 Å². The number of benzene rings is 2. The first-order valence-electron chi connectivity index (χ1n) is 9.12. The molecule has 1 aromatic heterocycles. The molecule has 28 heavy (non-hydrogen) atoms. The van der Waals surface area contributed by atoms with Gasteiger partial charge in [0.15, 0.2) is 5.82 Å². The molecular weight excluding hydrogens is 361 g/mol. The van der Waals surface area contributed by atoms with E-state index in [0.717, 1.165) is 6.42 Å². The van der Waals surface area contributed by atoms with Gasteiger partial charge >= 0.3 is 5.97 Å². The van der Waals surface area contributed by atoms with Gasteiger partial charge in [-0.25, -0.2) is 9.18 Å². The fourth-order valence-corrected chi connectivity index (χ4v) is 3.69. The number of carboxylic acid groups (broad SMARTS) is 1. The minimum absolute atomic E-state index is 0.0776. The Labute approximate surface area is 160 Å². The summed E-state index contributed by atoms with van der Waals surface area (Å²) in [5.41, 5.74) is 6.23. The van der Waals surface area contributed by atoms with Crippen LogP contribution in [0.5, 0.6) is 0 Å². The van der Waals surface area contributed by atoms with Crippen molar-refractivity contribution in [3.63, 3.8) is 0 Å². The van der Waals surface area contributed by atoms with Gasteiger partial charge in [-0.15, -0.1) is 0 Å². The maximum atomic E-state index is 14.9. The lowest BCUT2D eigenvalue weighted by Crippen LogP contribution is -2.21. The maximum absolute atomic E-state index is 14.9. The fourth-order valence-electron chi connectivity index (χ4n) is 3.69. The van der Waals surface area contributed by atoms with Crippen LogP contribution in [0.4, 0.5) is 15.8 Å². The van der Waals surface area contributed by atoms with Gasteiger partial charge in [-0.2, -0.15) is 0 Å². The molecule has 0 saturated heterocycles. The minimum Gasteiger partial charge on any atom is -0.477 e. The third kappa shape index (κ3) is 2.89. The van der Waals surface area contributed by atoms with E-state index >= 15 is 0 Å². The lowest BCUT2D eigenvalue weighted by molar-refractivity contribution is 0.0695. The number of nitrogens with one attached hydrogen (secondary N) is 1. The molecule has 0 radical (unpaired) electrons. The van der Waals surface area contributed by atoms with Gasteiger partial charge in [0.1, 0.15) is 5.56 Å². The van der Waals surface area contributed by atoms with E-state index < -0.39 is 22.8 Å². The Morgan fingerprint density at radius 2 is 2.07 bits per heavy atom. The summed E-state index contributed by atoms with van der Waals surface area (Å²) in [5.74, 6) is -1.80. The summed E-state index contributed by atoms with van der Waals surface area (Å²) in [5, 5.41) is 12.4. The van der Waals surface area contributed by atoms with Crippen LogP contribution in [0, 0.1) is 5.82 Å². The molecular formula is C21H20FN3O3. The molecule has 1 aliphatic carbocycles. The molecule has 1 fully saturated rings. The summed E-state index contributed by atoms with van der Waals surface area (Å²) in [6.45, 7) is 2.23. The van der Waals surface area contributed by atoms with Crippen LogP contribution in [0.25, 0.3) is 10.9 Å². The Morgan fingerprint density at radius 3 is 2.71 bits per heavy atom. The number of aromatic carboxylic acids is 1. The predicted molar refractivity (Wildman–Crippen MR) is 106 cm³/mol. The van der Waals surface area contributed by atoms with Crippen LogP contribution < -0.4 is 16.5 Å². The van der Waals surface area contributed by atoms with Gasteiger partial charge in [-0.3, -0.25) is 4.79 Å². The second kappa shape index (κ2) is 6.67. The first-order valence-corrected chi connectivity index (χ1v) is 9.12. The van der Waals surface area contributed by atoms with E-state index in [1.807, 2.05) is 37.3 Å². The van der Waals surface area contributed by atoms with Gasteiger partial charge in [-0.1, -0.05) is 30.3 Å². The van der Waals surface area contributed by atoms with E-state index in [1.165, 1.54) is 17.8 Å². The smallest absolute Gasteiger partial charge is 0.341 e. The standard InChI is InChI=1S/C21H20FN3O3/c1-2-25-10-13(21(27)28)20(26)17-16(25)9-15(18(22)19(17)23)24-14-8-12(14)11-6-4-3-5-7-11/h3-7,9-10,12,14,24H,2,8,23H2,1H3,(H,27,28)/t12-,14-/m0/s1. The summed E-state index contributed by atoms with van der Waals surface area (Å²) in [6, 6.07) is 11.6. The van der Waals surface area contributed by atoms with Crippen LogP contribution in [0.3, 0.4) is 0 Å². The molecule has 3 aromatic rings. The molecule has 1 heterocycles. The number of carbonyl (C=O) groups is 1. The van der Waals surface area contributed by atoms with Crippen molar-refractivity contribution in [3.8, 4) is 0 Å². The first kappa shape index (κ1) is 18.0. The summed E-state index contributed by atoms with van der Waals surface area (Å²) in [7, 11) is 0. The molecule has 4 N–H and O–H groups in total. The summed E-state index contributed by atoms with van der Waals surface area (Å²) in [6.07, 6.45) is 2.15. The largest absolute Gasteiger partial charge is 0.477 e. The number of halogens is 1. The van der Waals surface area contributed by atoms with Crippen LogP contribution >= 0.6 is 0 Å². The molecule has 0 bridgehead atoms. The Hall–Kier alpha value is -3.35. The molecule has 0 spiro atoms. The number of nitrogen functional groups attached to an aromatic ring is 1. The summed E-state index contributed by atoms with van der Waals surface area (Å²) >= 11 is 0. The molecule has 2 aromatic carbocycles. The summed E-state index contributed by atoms with van der Waals surface area (Å²) in [4.78, 5) is 23.9. The SMILES string of the molecule is CCn1cc(C(=O)O)c(=O)c2c(N)c(F)c(N[C@H]3C[C@H]3c3ccccc3)cc21. The quantitative estimate of drug-likeness (QED) is 0.589. The van der Waals surface area contributed by atoms with Gasteiger partial charge < -0.3 is 20.7 Å². The Morgan fingerprint density at radius 1 is 1.36 bits per heavy atom. The highest BCUT2D eigenvalue weighted by atomic mass is 19.1. The van der Waals surface area contributed by atoms with Crippen molar-refractivity contribution in [3.05, 3.63) is 69.8 Å². The second-order valence-electron chi connectivity index (χ2n) is 7.01. The van der Waals surface area contributed by atoms with Crippen LogP contribution in [0.2, 0.25) is 0 Å². The monoisotopic (exact) mass is 381 g/mol. The average molecular weight is 381 g/mol. The third-order valence-corrected chi connectivity index (χ3v) is 5.28. The van der Waals surface area contributed by atoms with E-state index in [-0.39, 0.29) is 22.8 Å². The lowest BCUT2D eigenvalue weighted by atomic mass is 10.1. The second-order valence-corrected chi connectivity index (χ2v) is 7.01. The number of anilines is 2. The molecule has 0 unspecified atom stereocenters. The zero-order chi connectivity index (χ0) is 20.0. The van der Waals surface area contributed by atoms with E-state index in [2.05, 4.69) is 5.32 Å². The average Bonchev–Trinajstić information content (AvgIpc) is 3.45. The van der Waals surface area contributed by atoms with Crippen LogP contribution in [-0.2, 0) is 6.54 Å². The van der Waals surface area contributed by atoms with Crippen molar-refractivity contribution in [2.75, 3.05) is 11.1 Å². The highest BCUT2D eigenvalue weighted by Gasteiger charge is 2.39. The number of aryl methyl sites for hydroxylation is 1. The van der Waals surface area contributed by atoms with Crippen LogP contribution in [0.1, 0.15) is 35.2 Å². The van der Waals surface area contributed by atoms with Crippen molar-refractivity contribution in [1.82, 2.24) is 4.57 Å². The van der Waals surface area contributed by atoms with Crippen LogP contribution in [0.15, 0.2) is 47.4 Å². The normalized spacial score (nSPS) is 18.2. The molecule has 0 aliphatic heterocycles. The number of aromatic nitrogens is 1. The molecule has 4 rings (SSSR count). The van der Waals surface area contributed by atoms with Crippen molar-refractivity contribution in [1.29, 1.82) is 0 Å². The number of nitrogens with two attached hydrogens (primary N) is 1. The zero-order valence-electron chi connectivity index (χ0n) is 15.3. The Balaban J connectivity index is 1.77. The Bertz CT molecular complexity index is 1140. The molecule has 6 nitrogen and oxygen atoms in total. The summed E-state index contributed by atoms with van der Waals surface area (Å²) < 4.78 is 16.5. The molecule has 1 aliphatic rings. The van der Waals surface area contributed by atoms with Crippen molar-refractivity contribution < 1.29 is 14.3 Å². The number of rotatable bonds is 5. The van der Waals surface area contributed by atoms with Gasteiger partial charge in [-0.05, 0) is 25.0 Å². The van der Waals surface area contributed by atoms with Crippen molar-refractivity contribution in [2.45, 2.75) is 31.8 Å². The molecule has 0 amide bonds. The van der Waals surface area contributed by atoms with Crippen LogP contribution in [-0.4, -0.2) is 21.7 Å². The number of carboxylic acids is 1. The fraction of sp³-hybridized carbons (Fsp3) is 0.238. The van der Waals surface area contributed by atoms with Gasteiger partial charge in [0, 0.05) is 24.7 Å². The first-order chi connectivity index (χ1) is 13.4. The highest BCUT2D eigenvalue weighted by Crippen LogP contribution is 2.43. The van der Waals surface area contributed by atoms with Gasteiger partial charge in [0.05, 0.1) is 22.3 Å². The topological polar surface area (TPSA) is 97.4 Å². The minimum atomic E-state index is -1.36. The highest BCUT2D eigenvalue weighted by molar-refractivity contribution is 5.99. The number of fused-ring (bicyclic) bond motifs is 1. The number of hydrogen-bond donors (Lipinski definition) is 3. The molecule has 2 atom stereocenters. The van der Waals surface area contributed by atoms with Gasteiger partial charge in [0.2, 0.25) is 5.43 Å². The van der Waals surface area contributed by atoms with Gasteiger partial charge in [0.25, 0.3) is 0 Å². The van der Waals surface area contributed by atoms with E-state index in [9.17, 15) is 19.1 Å². The van der Waals surface area contributed by atoms with E-state index in [1.54, 1.807) is 4.57 Å². The number of hydrogen-bond acceptors (Lipinski definition) is 4.